The highest BCUT2D eigenvalue weighted by Crippen LogP contribution is 2.27. The Morgan fingerprint density at radius 2 is 1.64 bits per heavy atom. The first-order valence-electron chi connectivity index (χ1n) is 8.36. The lowest BCUT2D eigenvalue weighted by molar-refractivity contribution is 0.0747. The van der Waals surface area contributed by atoms with Crippen molar-refractivity contribution in [2.45, 2.75) is 13.8 Å². The van der Waals surface area contributed by atoms with Crippen LogP contribution in [0.25, 0.3) is 0 Å². The Morgan fingerprint density at radius 3 is 2.20 bits per heavy atom. The van der Waals surface area contributed by atoms with Crippen molar-refractivity contribution in [2.24, 2.45) is 0 Å². The molecule has 130 valence electrons. The summed E-state index contributed by atoms with van der Waals surface area (Å²) in [6, 6.07) is 11.0. The van der Waals surface area contributed by atoms with Crippen LogP contribution in [0.15, 0.2) is 36.4 Å². The van der Waals surface area contributed by atoms with E-state index in [1.54, 1.807) is 12.1 Å². The molecule has 5 heteroatoms. The molecule has 25 heavy (non-hydrogen) atoms. The second-order valence-electron chi connectivity index (χ2n) is 6.38. The zero-order valence-corrected chi connectivity index (χ0v) is 15.2. The lowest BCUT2D eigenvalue weighted by Gasteiger charge is -2.37. The summed E-state index contributed by atoms with van der Waals surface area (Å²) in [5.74, 6) is -0.0185. The number of halogens is 1. The minimum absolute atomic E-state index is 0.0185. The summed E-state index contributed by atoms with van der Waals surface area (Å²) < 4.78 is 0. The number of benzene rings is 2. The van der Waals surface area contributed by atoms with Crippen LogP contribution in [0.3, 0.4) is 0 Å². The topological polar surface area (TPSA) is 40.6 Å². The molecule has 0 unspecified atom stereocenters. The fourth-order valence-corrected chi connectivity index (χ4v) is 3.71. The average molecular weight is 357 g/mol. The maximum atomic E-state index is 12.7. The minimum Gasteiger partial charge on any atom is -0.368 e. The van der Waals surface area contributed by atoms with Crippen molar-refractivity contribution in [1.82, 2.24) is 4.90 Å². The lowest BCUT2D eigenvalue weighted by atomic mass is 10.0. The molecule has 1 fully saturated rings. The quantitative estimate of drug-likeness (QED) is 0.787. The van der Waals surface area contributed by atoms with Crippen molar-refractivity contribution in [2.75, 3.05) is 31.1 Å². The summed E-state index contributed by atoms with van der Waals surface area (Å²) in [6.07, 6.45) is 0.879. The highest BCUT2D eigenvalue weighted by atomic mass is 35.5. The Balaban J connectivity index is 1.73. The predicted octanol–water partition coefficient (Wildman–Crippen LogP) is 3.73. The Morgan fingerprint density at radius 1 is 1.04 bits per heavy atom. The minimum atomic E-state index is -0.0185. The monoisotopic (exact) mass is 356 g/mol. The van der Waals surface area contributed by atoms with Crippen molar-refractivity contribution < 1.29 is 9.59 Å². The molecule has 0 aliphatic carbocycles. The van der Waals surface area contributed by atoms with Crippen LogP contribution in [0.5, 0.6) is 0 Å². The Bertz CT molecular complexity index is 788. The number of amides is 1. The van der Waals surface area contributed by atoms with Gasteiger partial charge in [-0.3, -0.25) is 9.59 Å². The molecular formula is C20H21ClN2O2. The molecule has 1 aliphatic rings. The van der Waals surface area contributed by atoms with Crippen LogP contribution in [0, 0.1) is 13.8 Å². The van der Waals surface area contributed by atoms with Gasteiger partial charge in [0.25, 0.3) is 5.91 Å². The number of aldehydes is 1. The summed E-state index contributed by atoms with van der Waals surface area (Å²) in [5.41, 5.74) is 4.60. The first kappa shape index (κ1) is 17.5. The molecule has 2 aromatic carbocycles. The van der Waals surface area contributed by atoms with Crippen LogP contribution in [0.2, 0.25) is 5.02 Å². The van der Waals surface area contributed by atoms with Gasteiger partial charge in [0.15, 0.2) is 0 Å². The van der Waals surface area contributed by atoms with Crippen LogP contribution in [0.1, 0.15) is 31.8 Å². The Kier molecular flexibility index (Phi) is 5.09. The predicted molar refractivity (Wildman–Crippen MR) is 101 cm³/mol. The van der Waals surface area contributed by atoms with Crippen LogP contribution < -0.4 is 4.90 Å². The van der Waals surface area contributed by atoms with Crippen molar-refractivity contribution >= 4 is 29.5 Å². The molecule has 1 aliphatic heterocycles. The summed E-state index contributed by atoms with van der Waals surface area (Å²) in [7, 11) is 0. The number of nitrogens with zero attached hydrogens (tertiary/aromatic N) is 2. The molecule has 0 atom stereocenters. The normalized spacial score (nSPS) is 14.5. The second kappa shape index (κ2) is 7.28. The van der Waals surface area contributed by atoms with E-state index < -0.39 is 0 Å². The van der Waals surface area contributed by atoms with Gasteiger partial charge in [-0.05, 0) is 49.2 Å². The van der Waals surface area contributed by atoms with E-state index in [1.807, 2.05) is 43.0 Å². The van der Waals surface area contributed by atoms with Crippen molar-refractivity contribution in [3.8, 4) is 0 Å². The second-order valence-corrected chi connectivity index (χ2v) is 6.79. The van der Waals surface area contributed by atoms with E-state index in [0.717, 1.165) is 36.2 Å². The summed E-state index contributed by atoms with van der Waals surface area (Å²) in [5, 5.41) is 0.492. The number of anilines is 1. The van der Waals surface area contributed by atoms with Gasteiger partial charge < -0.3 is 9.80 Å². The van der Waals surface area contributed by atoms with Gasteiger partial charge in [0, 0.05) is 37.4 Å². The number of carbonyl (C=O) groups is 2. The van der Waals surface area contributed by atoms with Gasteiger partial charge in [-0.15, -0.1) is 0 Å². The zero-order valence-electron chi connectivity index (χ0n) is 14.5. The summed E-state index contributed by atoms with van der Waals surface area (Å²) in [6.45, 7) is 6.88. The summed E-state index contributed by atoms with van der Waals surface area (Å²) in [4.78, 5) is 27.8. The van der Waals surface area contributed by atoms with E-state index in [9.17, 15) is 9.59 Å². The van der Waals surface area contributed by atoms with Crippen LogP contribution in [0.4, 0.5) is 5.69 Å². The van der Waals surface area contributed by atoms with Gasteiger partial charge in [0.1, 0.15) is 6.29 Å². The highest BCUT2D eigenvalue weighted by molar-refractivity contribution is 6.33. The molecule has 2 aromatic rings. The smallest absolute Gasteiger partial charge is 0.255 e. The lowest BCUT2D eigenvalue weighted by Crippen LogP contribution is -2.49. The zero-order chi connectivity index (χ0) is 18.0. The molecule has 0 bridgehead atoms. The fourth-order valence-electron chi connectivity index (χ4n) is 3.49. The summed E-state index contributed by atoms with van der Waals surface area (Å²) >= 11 is 6.15. The SMILES string of the molecule is Cc1cc(C=O)cc(C)c1N1CCN(C(=O)c2ccccc2Cl)CC1. The van der Waals surface area contributed by atoms with Gasteiger partial charge in [0.2, 0.25) is 0 Å². The third-order valence-electron chi connectivity index (χ3n) is 4.64. The molecule has 1 saturated heterocycles. The molecule has 4 nitrogen and oxygen atoms in total. The van der Waals surface area contributed by atoms with E-state index in [4.69, 9.17) is 11.6 Å². The molecule has 0 spiro atoms. The van der Waals surface area contributed by atoms with Crippen molar-refractivity contribution in [3.63, 3.8) is 0 Å². The van der Waals surface area contributed by atoms with E-state index in [-0.39, 0.29) is 5.91 Å². The number of carbonyl (C=O) groups excluding carboxylic acids is 2. The largest absolute Gasteiger partial charge is 0.368 e. The highest BCUT2D eigenvalue weighted by Gasteiger charge is 2.25. The van der Waals surface area contributed by atoms with Crippen molar-refractivity contribution in [1.29, 1.82) is 0 Å². The third-order valence-corrected chi connectivity index (χ3v) is 4.97. The van der Waals surface area contributed by atoms with Crippen LogP contribution in [-0.2, 0) is 0 Å². The van der Waals surface area contributed by atoms with Gasteiger partial charge in [-0.2, -0.15) is 0 Å². The number of hydrogen-bond donors (Lipinski definition) is 0. The third kappa shape index (κ3) is 3.54. The van der Waals surface area contributed by atoms with Gasteiger partial charge in [-0.25, -0.2) is 0 Å². The maximum Gasteiger partial charge on any atom is 0.255 e. The fraction of sp³-hybridized carbons (Fsp3) is 0.300. The van der Waals surface area contributed by atoms with Crippen LogP contribution >= 0.6 is 11.6 Å². The number of hydrogen-bond acceptors (Lipinski definition) is 3. The van der Waals surface area contributed by atoms with E-state index in [0.29, 0.717) is 29.2 Å². The van der Waals surface area contributed by atoms with Crippen molar-refractivity contribution in [3.05, 3.63) is 63.7 Å². The first-order chi connectivity index (χ1) is 12.0. The van der Waals surface area contributed by atoms with Gasteiger partial charge >= 0.3 is 0 Å². The molecule has 0 saturated carbocycles. The van der Waals surface area contributed by atoms with Crippen LogP contribution in [-0.4, -0.2) is 43.3 Å². The van der Waals surface area contributed by atoms with Gasteiger partial charge in [-0.1, -0.05) is 23.7 Å². The molecule has 0 aromatic heterocycles. The maximum absolute atomic E-state index is 12.7. The standard InChI is InChI=1S/C20H21ClN2O2/c1-14-11-16(13-24)12-15(2)19(14)22-7-9-23(10-8-22)20(25)17-5-3-4-6-18(17)21/h3-6,11-13H,7-10H2,1-2H3. The molecule has 1 amide bonds. The number of piperazine rings is 1. The molecular weight excluding hydrogens is 336 g/mol. The Labute approximate surface area is 153 Å². The first-order valence-corrected chi connectivity index (χ1v) is 8.74. The van der Waals surface area contributed by atoms with E-state index in [1.165, 1.54) is 0 Å². The van der Waals surface area contributed by atoms with E-state index in [2.05, 4.69) is 4.90 Å². The molecule has 0 radical (unpaired) electrons. The molecule has 3 rings (SSSR count). The molecule has 0 N–H and O–H groups in total. The molecule has 1 heterocycles. The average Bonchev–Trinajstić information content (AvgIpc) is 2.61. The number of aryl methyl sites for hydroxylation is 2. The van der Waals surface area contributed by atoms with E-state index >= 15 is 0 Å². The number of rotatable bonds is 3. The van der Waals surface area contributed by atoms with Gasteiger partial charge in [0.05, 0.1) is 10.6 Å². The Hall–Kier alpha value is -2.33.